The predicted octanol–water partition coefficient (Wildman–Crippen LogP) is 2.19. The van der Waals surface area contributed by atoms with Gasteiger partial charge in [0.25, 0.3) is 0 Å². The molecular weight excluding hydrogens is 408 g/mol. The first-order valence-electron chi connectivity index (χ1n) is 6.99. The molecule has 0 rings (SSSR count). The maximum Gasteiger partial charge on any atom is 0 e. The van der Waals surface area contributed by atoms with E-state index < -0.39 is 6.39 Å². The summed E-state index contributed by atoms with van der Waals surface area (Å²) < 4.78 is 0. The maximum atomic E-state index is 4.72. The van der Waals surface area contributed by atoms with Gasteiger partial charge in [-0.1, -0.05) is 43.1 Å². The molecule has 0 saturated heterocycles. The predicted molar refractivity (Wildman–Crippen MR) is 182 cm³/mol. The van der Waals surface area contributed by atoms with Crippen molar-refractivity contribution in [3.63, 3.8) is 0 Å². The molecule has 0 aliphatic carbocycles. The zero-order chi connectivity index (χ0) is 25.4. The molecule has 0 aliphatic rings. The highest BCUT2D eigenvalue weighted by Crippen LogP contribution is 1.43. The lowest BCUT2D eigenvalue weighted by molar-refractivity contribution is 1.83. The summed E-state index contributed by atoms with van der Waals surface area (Å²) in [6, 6.07) is 0. The molecule has 0 nitrogen and oxygen atoms in total. The van der Waals surface area contributed by atoms with E-state index in [0.29, 0.717) is 0 Å². The molecule has 0 N–H and O–H groups in total. The first kappa shape index (κ1) is 94.7. The monoisotopic (exact) mass is 448 g/mol. The van der Waals surface area contributed by atoms with Crippen molar-refractivity contribution in [2.75, 3.05) is 0 Å². The highest BCUT2D eigenvalue weighted by Gasteiger charge is 1.73. The Balaban J connectivity index is -0.0000000120. The number of terminal acetylenes is 5. The Labute approximate surface area is 238 Å². The van der Waals surface area contributed by atoms with Gasteiger partial charge in [-0.15, -0.1) is 56.3 Å². The largest absolute Gasteiger partial charge is 0.124 e. The fourth-order valence-corrected chi connectivity index (χ4v) is 0.144. The second-order valence-corrected chi connectivity index (χ2v) is 2.62. The third-order valence-electron chi connectivity index (χ3n) is 0.654. The molecule has 0 unspecified atom stereocenters. The van der Waals surface area contributed by atoms with E-state index in [2.05, 4.69) is 133 Å². The van der Waals surface area contributed by atoms with Crippen molar-refractivity contribution in [1.82, 2.24) is 0 Å². The third-order valence-corrected chi connectivity index (χ3v) is 0.654. The molecule has 0 fully saturated rings. The summed E-state index contributed by atoms with van der Waals surface area (Å²) in [4.78, 5) is 0. The normalized spacial score (nSPS) is 2.80. The molecule has 0 aromatic rings. The minimum absolute atomic E-state index is 0. The number of rotatable bonds is 0. The van der Waals surface area contributed by atoms with Crippen LogP contribution >= 0.6 is 0 Å². The fraction of sp³-hybridized carbons (Fsp3) is 0.360. The molecule has 168 valence electrons. The highest BCUT2D eigenvalue weighted by atomic mass is 13.4. The van der Waals surface area contributed by atoms with Gasteiger partial charge in [0.1, 0.15) is 0 Å². The lowest BCUT2D eigenvalue weighted by Gasteiger charge is -1.73. The van der Waals surface area contributed by atoms with Crippen LogP contribution in [0.4, 0.5) is 0 Å². The topological polar surface area (TPSA) is 0 Å². The molecule has 0 aromatic carbocycles. The molecule has 0 atom stereocenters. The molecular formula is C25H38B10. The van der Waals surface area contributed by atoms with Crippen LogP contribution in [0.3, 0.4) is 0 Å². The Morgan fingerprint density at radius 1 is 0.571 bits per heavy atom. The van der Waals surface area contributed by atoms with Gasteiger partial charge in [-0.25, -0.2) is 0 Å². The summed E-state index contributed by atoms with van der Waals surface area (Å²) in [6.45, 7) is 7.00. The average Bonchev–Trinajstić information content (AvgIpc) is 2.71. The van der Waals surface area contributed by atoms with E-state index in [-0.39, 0.29) is 45.5 Å². The van der Waals surface area contributed by atoms with E-state index >= 15 is 0 Å². The smallest absolute Gasteiger partial charge is 0 e. The standard InChI is InChI=1S/C6H2.C5H4.C4H6.C3H4.C2H2.5CH4.B4.B3.B2.B/c1-3-5-6-4-2;1-3-5-4-2;1-3-4-2;1-3-2;1-2;;;;;;1-4(2)3;1-3-2;1-2;/h1-2H;1H,2H3;1-2H3;1H,2H3;1-2H;5*1H4;;;;. The minimum Gasteiger partial charge on any atom is -0.124 e. The molecule has 0 bridgehead atoms. The quantitative estimate of drug-likeness (QED) is 0.395. The van der Waals surface area contributed by atoms with Crippen LogP contribution in [0.1, 0.15) is 64.8 Å². The van der Waals surface area contributed by atoms with E-state index in [1.165, 1.54) is 0 Å². The van der Waals surface area contributed by atoms with Crippen molar-refractivity contribution >= 4 is 76.0 Å². The Morgan fingerprint density at radius 2 is 0.714 bits per heavy atom. The van der Waals surface area contributed by atoms with Gasteiger partial charge in [0.2, 0.25) is 0 Å². The van der Waals surface area contributed by atoms with Gasteiger partial charge in [0.05, 0.1) is 0 Å². The zero-order valence-corrected chi connectivity index (χ0v) is 18.2. The molecule has 0 aliphatic heterocycles. The highest BCUT2D eigenvalue weighted by molar-refractivity contribution is 7.49. The Morgan fingerprint density at radius 3 is 0.743 bits per heavy atom. The molecule has 35 heavy (non-hydrogen) atoms. The van der Waals surface area contributed by atoms with Crippen molar-refractivity contribution in [3.05, 3.63) is 0 Å². The van der Waals surface area contributed by atoms with Gasteiger partial charge in [-0.05, 0) is 63.2 Å². The SMILES string of the molecule is C.C.C.C.C.C#C.C#CC.C#CC#CC.C#CC#CC#C.CC#CC.[B].[B]B([B])[B].[B][B].[B][B][B]. The van der Waals surface area contributed by atoms with Gasteiger partial charge >= 0.3 is 0 Å². The van der Waals surface area contributed by atoms with Gasteiger partial charge in [0, 0.05) is 76.0 Å². The summed E-state index contributed by atoms with van der Waals surface area (Å²) in [5, 5.41) is 0. The first-order chi connectivity index (χ1) is 13.8. The minimum atomic E-state index is -0.667. The van der Waals surface area contributed by atoms with Crippen molar-refractivity contribution in [3.8, 4) is 97.7 Å². The first-order valence-corrected chi connectivity index (χ1v) is 6.99. The zero-order valence-electron chi connectivity index (χ0n) is 18.2. The molecule has 18 radical (unpaired) electrons. The van der Waals surface area contributed by atoms with Crippen LogP contribution in [0.5, 0.6) is 0 Å². The van der Waals surface area contributed by atoms with E-state index in [4.69, 9.17) is 19.3 Å². The second kappa shape index (κ2) is 228. The van der Waals surface area contributed by atoms with Crippen molar-refractivity contribution in [1.29, 1.82) is 0 Å². The van der Waals surface area contributed by atoms with Crippen LogP contribution in [0.25, 0.3) is 0 Å². The van der Waals surface area contributed by atoms with E-state index in [0.717, 1.165) is 7.06 Å². The summed E-state index contributed by atoms with van der Waals surface area (Å²) >= 11 is 0. The molecule has 0 spiro atoms. The summed E-state index contributed by atoms with van der Waals surface area (Å²) in [7, 11) is 32.0. The lowest BCUT2D eigenvalue weighted by atomic mass is 9.08. The Hall–Kier alpha value is -2.87. The summed E-state index contributed by atoms with van der Waals surface area (Å²) in [5.41, 5.74) is 0. The summed E-state index contributed by atoms with van der Waals surface area (Å²) in [6.07, 6.45) is 26.0. The molecule has 0 aromatic heterocycles. The molecule has 0 amide bonds. The Kier molecular flexibility index (Phi) is 617. The average molecular weight is 447 g/mol. The van der Waals surface area contributed by atoms with Gasteiger partial charge < -0.3 is 0 Å². The second-order valence-electron chi connectivity index (χ2n) is 2.62. The van der Waals surface area contributed by atoms with E-state index in [9.17, 15) is 0 Å². The van der Waals surface area contributed by atoms with Crippen LogP contribution in [0.2, 0.25) is 0 Å². The Bertz CT molecular complexity index is 595. The van der Waals surface area contributed by atoms with Crippen LogP contribution in [-0.2, 0) is 0 Å². The third kappa shape index (κ3) is 2700. The molecule has 0 heterocycles. The van der Waals surface area contributed by atoms with Gasteiger partial charge in [-0.3, -0.25) is 0 Å². The van der Waals surface area contributed by atoms with E-state index in [1.807, 2.05) is 13.8 Å². The summed E-state index contributed by atoms with van der Waals surface area (Å²) in [5.74, 6) is 23.3. The fourth-order valence-electron chi connectivity index (χ4n) is 0.144. The van der Waals surface area contributed by atoms with Gasteiger partial charge in [0.15, 0.2) is 0 Å². The molecule has 0 saturated carbocycles. The van der Waals surface area contributed by atoms with Crippen molar-refractivity contribution in [2.24, 2.45) is 0 Å². The number of hydrogen-bond donors (Lipinski definition) is 0. The van der Waals surface area contributed by atoms with Crippen LogP contribution in [-0.4, -0.2) is 76.0 Å². The van der Waals surface area contributed by atoms with E-state index in [1.54, 1.807) is 13.8 Å². The molecule has 10 heteroatoms. The van der Waals surface area contributed by atoms with Gasteiger partial charge in [-0.2, -0.15) is 0 Å². The maximum absolute atomic E-state index is 4.72. The van der Waals surface area contributed by atoms with Crippen LogP contribution < -0.4 is 0 Å². The van der Waals surface area contributed by atoms with Crippen molar-refractivity contribution in [2.45, 2.75) is 64.8 Å². The van der Waals surface area contributed by atoms with Crippen LogP contribution in [0.15, 0.2) is 0 Å². The lowest BCUT2D eigenvalue weighted by Crippen LogP contribution is -2.11. The number of hydrogen-bond acceptors (Lipinski definition) is 0. The van der Waals surface area contributed by atoms with Crippen molar-refractivity contribution < 1.29 is 0 Å². The van der Waals surface area contributed by atoms with Crippen LogP contribution in [0, 0.1) is 97.7 Å².